The fraction of sp³-hybridized carbons (Fsp3) is 0.867. The van der Waals surface area contributed by atoms with Crippen molar-refractivity contribution in [1.82, 2.24) is 10.6 Å². The summed E-state index contributed by atoms with van der Waals surface area (Å²) in [6, 6.07) is 0. The van der Waals surface area contributed by atoms with Crippen molar-refractivity contribution in [3.05, 3.63) is 0 Å². The summed E-state index contributed by atoms with van der Waals surface area (Å²) in [6.07, 6.45) is 3.26. The van der Waals surface area contributed by atoms with Crippen molar-refractivity contribution in [3.63, 3.8) is 0 Å². The van der Waals surface area contributed by atoms with Gasteiger partial charge in [0.05, 0.1) is 13.2 Å². The molecule has 0 aliphatic heterocycles. The van der Waals surface area contributed by atoms with Gasteiger partial charge >= 0.3 is 6.09 Å². The van der Waals surface area contributed by atoms with Crippen molar-refractivity contribution in [3.8, 4) is 0 Å². The molecule has 0 unspecified atom stereocenters. The van der Waals surface area contributed by atoms with E-state index in [1.165, 1.54) is 0 Å². The monoisotopic (exact) mass is 302 g/mol. The third-order valence-corrected chi connectivity index (χ3v) is 2.49. The number of amides is 2. The second-order valence-electron chi connectivity index (χ2n) is 5.85. The summed E-state index contributed by atoms with van der Waals surface area (Å²) >= 11 is 0. The summed E-state index contributed by atoms with van der Waals surface area (Å²) in [5.74, 6) is 0.0685. The molecule has 0 radical (unpaired) electrons. The molecule has 2 N–H and O–H groups in total. The van der Waals surface area contributed by atoms with Gasteiger partial charge in [0.2, 0.25) is 5.91 Å². The first-order chi connectivity index (χ1) is 9.85. The van der Waals surface area contributed by atoms with Gasteiger partial charge in [-0.05, 0) is 27.2 Å². The van der Waals surface area contributed by atoms with Crippen LogP contribution in [-0.2, 0) is 14.3 Å². The average Bonchev–Trinajstić information content (AvgIpc) is 2.35. The predicted molar refractivity (Wildman–Crippen MR) is 82.2 cm³/mol. The lowest BCUT2D eigenvalue weighted by molar-refractivity contribution is -0.121. The molecule has 0 heterocycles. The highest BCUT2D eigenvalue weighted by Crippen LogP contribution is 2.06. The lowest BCUT2D eigenvalue weighted by Gasteiger charge is -2.19. The molecule has 6 heteroatoms. The SMILES string of the molecule is CCCCCC(=O)NCCOCCNC(=O)OC(C)(C)C. The molecular weight excluding hydrogens is 272 g/mol. The molecule has 0 aliphatic carbocycles. The molecule has 0 aromatic heterocycles. The van der Waals surface area contributed by atoms with Gasteiger partial charge in [-0.1, -0.05) is 19.8 Å². The van der Waals surface area contributed by atoms with E-state index in [0.29, 0.717) is 32.7 Å². The number of alkyl carbamates (subject to hydrolysis) is 1. The van der Waals surface area contributed by atoms with Crippen LogP contribution < -0.4 is 10.6 Å². The zero-order valence-electron chi connectivity index (χ0n) is 13.8. The lowest BCUT2D eigenvalue weighted by Crippen LogP contribution is -2.34. The summed E-state index contributed by atoms with van der Waals surface area (Å²) < 4.78 is 10.4. The van der Waals surface area contributed by atoms with Gasteiger partial charge in [0.15, 0.2) is 0 Å². The van der Waals surface area contributed by atoms with Gasteiger partial charge in [-0.15, -0.1) is 0 Å². The molecule has 0 bridgehead atoms. The van der Waals surface area contributed by atoms with E-state index in [4.69, 9.17) is 9.47 Å². The van der Waals surface area contributed by atoms with Crippen molar-refractivity contribution in [2.24, 2.45) is 0 Å². The molecule has 0 atom stereocenters. The quantitative estimate of drug-likeness (QED) is 0.607. The largest absolute Gasteiger partial charge is 0.444 e. The molecule has 124 valence electrons. The van der Waals surface area contributed by atoms with Crippen molar-refractivity contribution < 1.29 is 19.1 Å². The van der Waals surface area contributed by atoms with Crippen LogP contribution in [0.25, 0.3) is 0 Å². The van der Waals surface area contributed by atoms with Gasteiger partial charge in [-0.3, -0.25) is 4.79 Å². The van der Waals surface area contributed by atoms with Crippen LogP contribution in [0.5, 0.6) is 0 Å². The first-order valence-electron chi connectivity index (χ1n) is 7.66. The van der Waals surface area contributed by atoms with E-state index in [9.17, 15) is 9.59 Å². The number of unbranched alkanes of at least 4 members (excludes halogenated alkanes) is 2. The Hall–Kier alpha value is -1.30. The maximum absolute atomic E-state index is 11.4. The van der Waals surface area contributed by atoms with Crippen LogP contribution in [-0.4, -0.2) is 43.9 Å². The lowest BCUT2D eigenvalue weighted by atomic mass is 10.2. The normalized spacial score (nSPS) is 11.0. The van der Waals surface area contributed by atoms with E-state index in [1.807, 2.05) is 20.8 Å². The minimum Gasteiger partial charge on any atom is -0.444 e. The molecule has 0 aromatic rings. The molecule has 6 nitrogen and oxygen atoms in total. The smallest absolute Gasteiger partial charge is 0.407 e. The van der Waals surface area contributed by atoms with E-state index in [2.05, 4.69) is 17.6 Å². The fourth-order valence-corrected chi connectivity index (χ4v) is 1.53. The van der Waals surface area contributed by atoms with Crippen LogP contribution in [0.2, 0.25) is 0 Å². The minimum atomic E-state index is -0.493. The van der Waals surface area contributed by atoms with Gasteiger partial charge in [0.1, 0.15) is 5.60 Å². The predicted octanol–water partition coefficient (Wildman–Crippen LogP) is 2.22. The summed E-state index contributed by atoms with van der Waals surface area (Å²) in [7, 11) is 0. The third kappa shape index (κ3) is 14.9. The van der Waals surface area contributed by atoms with Gasteiger partial charge in [-0.25, -0.2) is 4.79 Å². The highest BCUT2D eigenvalue weighted by atomic mass is 16.6. The third-order valence-electron chi connectivity index (χ3n) is 2.49. The Kier molecular flexibility index (Phi) is 10.7. The first kappa shape index (κ1) is 19.7. The number of ether oxygens (including phenoxy) is 2. The Morgan fingerprint density at radius 2 is 1.62 bits per heavy atom. The maximum atomic E-state index is 11.4. The van der Waals surface area contributed by atoms with E-state index < -0.39 is 11.7 Å². The topological polar surface area (TPSA) is 76.7 Å². The molecular formula is C15H30N2O4. The average molecular weight is 302 g/mol. The van der Waals surface area contributed by atoms with E-state index in [0.717, 1.165) is 19.3 Å². The van der Waals surface area contributed by atoms with E-state index in [1.54, 1.807) is 0 Å². The van der Waals surface area contributed by atoms with Crippen molar-refractivity contribution in [1.29, 1.82) is 0 Å². The van der Waals surface area contributed by atoms with Crippen LogP contribution in [0.4, 0.5) is 4.79 Å². The van der Waals surface area contributed by atoms with Crippen molar-refractivity contribution in [2.75, 3.05) is 26.3 Å². The highest BCUT2D eigenvalue weighted by Gasteiger charge is 2.15. The number of carbonyl (C=O) groups is 2. The van der Waals surface area contributed by atoms with Crippen LogP contribution in [0, 0.1) is 0 Å². The van der Waals surface area contributed by atoms with Crippen LogP contribution in [0.1, 0.15) is 53.4 Å². The minimum absolute atomic E-state index is 0.0685. The van der Waals surface area contributed by atoms with E-state index >= 15 is 0 Å². The van der Waals surface area contributed by atoms with Crippen LogP contribution in [0.15, 0.2) is 0 Å². The molecule has 0 saturated carbocycles. The summed E-state index contributed by atoms with van der Waals surface area (Å²) in [5, 5.41) is 5.40. The van der Waals surface area contributed by atoms with Gasteiger partial charge in [0, 0.05) is 19.5 Å². The number of hydrogen-bond acceptors (Lipinski definition) is 4. The molecule has 0 aromatic carbocycles. The fourth-order valence-electron chi connectivity index (χ4n) is 1.53. The van der Waals surface area contributed by atoms with E-state index in [-0.39, 0.29) is 5.91 Å². The second kappa shape index (κ2) is 11.4. The Morgan fingerprint density at radius 3 is 2.19 bits per heavy atom. The Bertz CT molecular complexity index is 301. The second-order valence-corrected chi connectivity index (χ2v) is 5.85. The summed E-state index contributed by atoms with van der Waals surface area (Å²) in [5.41, 5.74) is -0.493. The van der Waals surface area contributed by atoms with Crippen molar-refractivity contribution in [2.45, 2.75) is 59.0 Å². The standard InChI is InChI=1S/C15H30N2O4/c1-5-6-7-8-13(18)16-9-11-20-12-10-17-14(19)21-15(2,3)4/h5-12H2,1-4H3,(H,16,18)(H,17,19). The number of hydrogen-bond donors (Lipinski definition) is 2. The molecule has 2 amide bonds. The van der Waals surface area contributed by atoms with Gasteiger partial charge in [-0.2, -0.15) is 0 Å². The number of nitrogens with one attached hydrogen (secondary N) is 2. The molecule has 0 aliphatic rings. The number of carbonyl (C=O) groups excluding carboxylic acids is 2. The molecule has 0 spiro atoms. The maximum Gasteiger partial charge on any atom is 0.407 e. The zero-order chi connectivity index (χ0) is 16.1. The molecule has 0 rings (SSSR count). The Labute approximate surface area is 127 Å². The Morgan fingerprint density at radius 1 is 1.00 bits per heavy atom. The summed E-state index contributed by atoms with van der Waals surface area (Å²) in [6.45, 7) is 9.26. The van der Waals surface area contributed by atoms with Crippen molar-refractivity contribution >= 4 is 12.0 Å². The molecule has 0 saturated heterocycles. The number of rotatable bonds is 10. The Balaban J connectivity index is 3.36. The van der Waals surface area contributed by atoms with Crippen LogP contribution >= 0.6 is 0 Å². The highest BCUT2D eigenvalue weighted by molar-refractivity contribution is 5.75. The van der Waals surface area contributed by atoms with Gasteiger partial charge < -0.3 is 20.1 Å². The summed E-state index contributed by atoms with van der Waals surface area (Å²) in [4.78, 5) is 22.7. The first-order valence-corrected chi connectivity index (χ1v) is 7.66. The zero-order valence-corrected chi connectivity index (χ0v) is 13.8. The molecule has 0 fully saturated rings. The van der Waals surface area contributed by atoms with Crippen LogP contribution in [0.3, 0.4) is 0 Å². The van der Waals surface area contributed by atoms with Gasteiger partial charge in [0.25, 0.3) is 0 Å². The molecule has 21 heavy (non-hydrogen) atoms.